The van der Waals surface area contributed by atoms with E-state index >= 15 is 0 Å². The molecule has 1 aromatic rings. The smallest absolute Gasteiger partial charge is 0.283 e. The van der Waals surface area contributed by atoms with Crippen molar-refractivity contribution in [3.8, 4) is 0 Å². The Bertz CT molecular complexity index is 451. The summed E-state index contributed by atoms with van der Waals surface area (Å²) in [6, 6.07) is 0.448. The zero-order valence-corrected chi connectivity index (χ0v) is 11.6. The lowest BCUT2D eigenvalue weighted by Gasteiger charge is -2.15. The molecule has 0 saturated carbocycles. The van der Waals surface area contributed by atoms with Crippen LogP contribution in [0.1, 0.15) is 26.3 Å². The van der Waals surface area contributed by atoms with Crippen molar-refractivity contribution < 1.29 is 0 Å². The van der Waals surface area contributed by atoms with Crippen LogP contribution in [0.25, 0.3) is 0 Å². The number of hydrogen-bond acceptors (Lipinski definition) is 4. The second-order valence-electron chi connectivity index (χ2n) is 4.55. The second-order valence-corrected chi connectivity index (χ2v) is 5.34. The quantitative estimate of drug-likeness (QED) is 0.885. The molecule has 0 aromatic carbocycles. The third kappa shape index (κ3) is 2.69. The molecular weight excluding hydrogens is 284 g/mol. The van der Waals surface area contributed by atoms with E-state index in [9.17, 15) is 4.79 Å². The molecule has 2 N–H and O–H groups in total. The minimum atomic E-state index is -0.0871. The fourth-order valence-corrected chi connectivity index (χ4v) is 2.31. The Labute approximate surface area is 109 Å². The van der Waals surface area contributed by atoms with Gasteiger partial charge in [-0.15, -0.1) is 0 Å². The molecule has 2 rings (SSSR count). The van der Waals surface area contributed by atoms with Gasteiger partial charge in [-0.25, -0.2) is 4.68 Å². The minimum absolute atomic E-state index is 0.0704. The maximum absolute atomic E-state index is 12.0. The van der Waals surface area contributed by atoms with Crippen molar-refractivity contribution in [1.82, 2.24) is 15.1 Å². The number of halogens is 1. The van der Waals surface area contributed by atoms with Gasteiger partial charge in [0.15, 0.2) is 0 Å². The van der Waals surface area contributed by atoms with Crippen LogP contribution in [0, 0.1) is 0 Å². The predicted molar refractivity (Wildman–Crippen MR) is 71.5 cm³/mol. The van der Waals surface area contributed by atoms with E-state index in [1.54, 1.807) is 6.20 Å². The van der Waals surface area contributed by atoms with E-state index in [-0.39, 0.29) is 11.6 Å². The molecule has 0 amide bonds. The van der Waals surface area contributed by atoms with Gasteiger partial charge in [0.2, 0.25) is 0 Å². The first-order chi connectivity index (χ1) is 8.09. The Morgan fingerprint density at radius 3 is 3.00 bits per heavy atom. The van der Waals surface area contributed by atoms with Crippen molar-refractivity contribution in [3.63, 3.8) is 0 Å². The van der Waals surface area contributed by atoms with Gasteiger partial charge in [-0.2, -0.15) is 5.10 Å². The van der Waals surface area contributed by atoms with Crippen molar-refractivity contribution in [3.05, 3.63) is 21.0 Å². The van der Waals surface area contributed by atoms with Gasteiger partial charge in [-0.05, 0) is 42.7 Å². The average molecular weight is 301 g/mol. The third-order valence-electron chi connectivity index (χ3n) is 2.85. The number of rotatable bonds is 3. The Morgan fingerprint density at radius 1 is 1.65 bits per heavy atom. The summed E-state index contributed by atoms with van der Waals surface area (Å²) < 4.78 is 2.04. The molecule has 1 unspecified atom stereocenters. The van der Waals surface area contributed by atoms with Crippen LogP contribution in [-0.2, 0) is 0 Å². The van der Waals surface area contributed by atoms with E-state index < -0.39 is 0 Å². The highest BCUT2D eigenvalue weighted by Gasteiger charge is 2.17. The predicted octanol–water partition coefficient (Wildman–Crippen LogP) is 1.36. The van der Waals surface area contributed by atoms with Crippen LogP contribution < -0.4 is 16.2 Å². The van der Waals surface area contributed by atoms with Crippen molar-refractivity contribution in [2.75, 3.05) is 18.4 Å². The molecule has 0 bridgehead atoms. The normalized spacial score (nSPS) is 19.9. The molecule has 0 spiro atoms. The number of hydrogen-bond donors (Lipinski definition) is 2. The van der Waals surface area contributed by atoms with E-state index in [1.165, 1.54) is 4.68 Å². The zero-order chi connectivity index (χ0) is 12.4. The lowest BCUT2D eigenvalue weighted by atomic mass is 10.2. The van der Waals surface area contributed by atoms with Crippen molar-refractivity contribution in [1.29, 1.82) is 0 Å². The highest BCUT2D eigenvalue weighted by atomic mass is 79.9. The summed E-state index contributed by atoms with van der Waals surface area (Å²) in [6.07, 6.45) is 2.78. The molecule has 0 radical (unpaired) electrons. The van der Waals surface area contributed by atoms with E-state index in [0.717, 1.165) is 25.2 Å². The fourth-order valence-electron chi connectivity index (χ4n) is 1.91. The lowest BCUT2D eigenvalue weighted by molar-refractivity contribution is 0.500. The fraction of sp³-hybridized carbons (Fsp3) is 0.636. The molecule has 5 nitrogen and oxygen atoms in total. The zero-order valence-electron chi connectivity index (χ0n) is 10.0. The van der Waals surface area contributed by atoms with Crippen LogP contribution in [0.3, 0.4) is 0 Å². The molecular formula is C11H17BrN4O. The molecule has 17 heavy (non-hydrogen) atoms. The summed E-state index contributed by atoms with van der Waals surface area (Å²) in [5, 5.41) is 10.8. The Hall–Kier alpha value is -0.880. The largest absolute Gasteiger partial charge is 0.379 e. The summed E-state index contributed by atoms with van der Waals surface area (Å²) in [5.41, 5.74) is 0.691. The highest BCUT2D eigenvalue weighted by molar-refractivity contribution is 9.10. The number of anilines is 1. The monoisotopic (exact) mass is 300 g/mol. The maximum atomic E-state index is 12.0. The number of nitrogens with zero attached hydrogens (tertiary/aromatic N) is 2. The molecule has 1 atom stereocenters. The third-order valence-corrected chi connectivity index (χ3v) is 3.62. The summed E-state index contributed by atoms with van der Waals surface area (Å²) >= 11 is 3.35. The van der Waals surface area contributed by atoms with Crippen molar-refractivity contribution in [2.45, 2.75) is 32.4 Å². The summed E-state index contributed by atoms with van der Waals surface area (Å²) in [5.74, 6) is 0. The van der Waals surface area contributed by atoms with Crippen LogP contribution in [0.15, 0.2) is 15.5 Å². The number of aromatic nitrogens is 2. The lowest BCUT2D eigenvalue weighted by Crippen LogP contribution is -2.28. The molecule has 2 heterocycles. The van der Waals surface area contributed by atoms with E-state index in [4.69, 9.17) is 0 Å². The van der Waals surface area contributed by atoms with Crippen LogP contribution >= 0.6 is 15.9 Å². The molecule has 1 fully saturated rings. The van der Waals surface area contributed by atoms with Gasteiger partial charge in [-0.3, -0.25) is 4.79 Å². The van der Waals surface area contributed by atoms with Gasteiger partial charge in [0.05, 0.1) is 17.9 Å². The Kier molecular flexibility index (Phi) is 3.83. The Balaban J connectivity index is 2.24. The van der Waals surface area contributed by atoms with Crippen LogP contribution in [-0.4, -0.2) is 28.9 Å². The molecule has 1 aliphatic heterocycles. The van der Waals surface area contributed by atoms with E-state index in [2.05, 4.69) is 31.7 Å². The van der Waals surface area contributed by atoms with Crippen molar-refractivity contribution >= 4 is 21.6 Å². The second kappa shape index (κ2) is 5.18. The van der Waals surface area contributed by atoms with Crippen LogP contribution in [0.4, 0.5) is 5.69 Å². The summed E-state index contributed by atoms with van der Waals surface area (Å²) in [7, 11) is 0. The minimum Gasteiger partial charge on any atom is -0.379 e. The summed E-state index contributed by atoms with van der Waals surface area (Å²) in [4.78, 5) is 12.0. The van der Waals surface area contributed by atoms with Gasteiger partial charge < -0.3 is 10.6 Å². The van der Waals surface area contributed by atoms with Gasteiger partial charge >= 0.3 is 0 Å². The summed E-state index contributed by atoms with van der Waals surface area (Å²) in [6.45, 7) is 5.83. The first-order valence-corrected chi connectivity index (χ1v) is 6.63. The van der Waals surface area contributed by atoms with Gasteiger partial charge in [0.25, 0.3) is 5.56 Å². The molecule has 6 heteroatoms. The van der Waals surface area contributed by atoms with Gasteiger partial charge in [0.1, 0.15) is 4.47 Å². The standard InChI is InChI=1S/C11H17BrN4O/c1-7(2)16-11(17)10(12)9(6-14-16)15-8-3-4-13-5-8/h6-8,13,15H,3-5H2,1-2H3. The SMILES string of the molecule is CC(C)n1ncc(NC2CCNC2)c(Br)c1=O. The maximum Gasteiger partial charge on any atom is 0.283 e. The molecule has 1 aromatic heterocycles. The van der Waals surface area contributed by atoms with Crippen LogP contribution in [0.5, 0.6) is 0 Å². The van der Waals surface area contributed by atoms with E-state index in [1.807, 2.05) is 13.8 Å². The molecule has 1 saturated heterocycles. The van der Waals surface area contributed by atoms with Crippen LogP contribution in [0.2, 0.25) is 0 Å². The van der Waals surface area contributed by atoms with Gasteiger partial charge in [0, 0.05) is 12.6 Å². The first-order valence-electron chi connectivity index (χ1n) is 5.84. The van der Waals surface area contributed by atoms with Gasteiger partial charge in [-0.1, -0.05) is 0 Å². The first kappa shape index (κ1) is 12.6. The molecule has 1 aliphatic rings. The average Bonchev–Trinajstić information content (AvgIpc) is 2.77. The highest BCUT2D eigenvalue weighted by Crippen LogP contribution is 2.19. The number of nitrogens with one attached hydrogen (secondary N) is 2. The Morgan fingerprint density at radius 2 is 2.41 bits per heavy atom. The molecule has 0 aliphatic carbocycles. The van der Waals surface area contributed by atoms with E-state index in [0.29, 0.717) is 10.5 Å². The molecule has 94 valence electrons. The van der Waals surface area contributed by atoms with Crippen molar-refractivity contribution in [2.24, 2.45) is 0 Å². The topological polar surface area (TPSA) is 59.0 Å².